The van der Waals surface area contributed by atoms with Gasteiger partial charge in [-0.1, -0.05) is 19.1 Å². The number of anilines is 2. The molecular formula is C18H23N3O2. The molecule has 0 unspecified atom stereocenters. The molecule has 1 N–H and O–H groups in total. The van der Waals surface area contributed by atoms with Crippen LogP contribution in [0.25, 0.3) is 11.1 Å². The van der Waals surface area contributed by atoms with E-state index in [2.05, 4.69) is 10.3 Å². The molecule has 0 saturated heterocycles. The third kappa shape index (κ3) is 4.79. The first-order valence-corrected chi connectivity index (χ1v) is 7.71. The highest BCUT2D eigenvalue weighted by molar-refractivity contribution is 5.96. The number of rotatable bonds is 7. The predicted molar refractivity (Wildman–Crippen MR) is 93.7 cm³/mol. The van der Waals surface area contributed by atoms with Crippen molar-refractivity contribution in [3.63, 3.8) is 0 Å². The first-order chi connectivity index (χ1) is 11.1. The van der Waals surface area contributed by atoms with Crippen LogP contribution in [-0.2, 0) is 9.53 Å². The van der Waals surface area contributed by atoms with E-state index in [1.54, 1.807) is 12.4 Å². The Hall–Kier alpha value is -2.40. The molecular weight excluding hydrogens is 290 g/mol. The van der Waals surface area contributed by atoms with Gasteiger partial charge in [-0.3, -0.25) is 9.78 Å². The minimum Gasteiger partial charge on any atom is -0.378 e. The Morgan fingerprint density at radius 2 is 1.96 bits per heavy atom. The Balaban J connectivity index is 2.15. The quantitative estimate of drug-likeness (QED) is 0.798. The number of amides is 1. The standard InChI is InChI=1S/C18H23N3O2/c1-4-11-23-13-18(22)20-17-12-19-10-9-16(17)14-5-7-15(8-6-14)21(2)3/h5-10,12H,4,11,13H2,1-3H3,(H,20,22). The lowest BCUT2D eigenvalue weighted by Gasteiger charge is -2.14. The molecule has 0 aliphatic carbocycles. The Labute approximate surface area is 137 Å². The van der Waals surface area contributed by atoms with Gasteiger partial charge in [0.2, 0.25) is 5.91 Å². The molecule has 0 bridgehead atoms. The molecule has 1 amide bonds. The normalized spacial score (nSPS) is 10.4. The summed E-state index contributed by atoms with van der Waals surface area (Å²) in [7, 11) is 4.01. The van der Waals surface area contributed by atoms with Crippen LogP contribution in [0.15, 0.2) is 42.7 Å². The second kappa shape index (κ2) is 8.29. The first-order valence-electron chi connectivity index (χ1n) is 7.71. The molecule has 5 heteroatoms. The highest BCUT2D eigenvalue weighted by atomic mass is 16.5. The fourth-order valence-corrected chi connectivity index (χ4v) is 2.18. The number of pyridine rings is 1. The van der Waals surface area contributed by atoms with Crippen molar-refractivity contribution in [2.45, 2.75) is 13.3 Å². The largest absolute Gasteiger partial charge is 0.378 e. The van der Waals surface area contributed by atoms with Crippen LogP contribution in [0.1, 0.15) is 13.3 Å². The van der Waals surface area contributed by atoms with Crippen LogP contribution >= 0.6 is 0 Å². The molecule has 5 nitrogen and oxygen atoms in total. The maximum atomic E-state index is 11.9. The number of nitrogens with zero attached hydrogens (tertiary/aromatic N) is 2. The molecule has 23 heavy (non-hydrogen) atoms. The summed E-state index contributed by atoms with van der Waals surface area (Å²) in [6.45, 7) is 2.65. The summed E-state index contributed by atoms with van der Waals surface area (Å²) in [5.41, 5.74) is 3.79. The van der Waals surface area contributed by atoms with Crippen LogP contribution in [0.4, 0.5) is 11.4 Å². The van der Waals surface area contributed by atoms with Gasteiger partial charge in [0.25, 0.3) is 0 Å². The van der Waals surface area contributed by atoms with E-state index in [0.29, 0.717) is 12.3 Å². The first kappa shape index (κ1) is 17.0. The summed E-state index contributed by atoms with van der Waals surface area (Å²) < 4.78 is 5.27. The number of benzene rings is 1. The lowest BCUT2D eigenvalue weighted by molar-refractivity contribution is -0.120. The van der Waals surface area contributed by atoms with Crippen LogP contribution in [0, 0.1) is 0 Å². The zero-order valence-corrected chi connectivity index (χ0v) is 13.9. The molecule has 2 rings (SSSR count). The number of aromatic nitrogens is 1. The zero-order chi connectivity index (χ0) is 16.7. The van der Waals surface area contributed by atoms with Gasteiger partial charge in [0.15, 0.2) is 0 Å². The Bertz CT molecular complexity index is 639. The van der Waals surface area contributed by atoms with Crippen molar-refractivity contribution in [1.82, 2.24) is 4.98 Å². The van der Waals surface area contributed by atoms with Gasteiger partial charge in [0.05, 0.1) is 11.9 Å². The van der Waals surface area contributed by atoms with Crippen LogP contribution < -0.4 is 10.2 Å². The fraction of sp³-hybridized carbons (Fsp3) is 0.333. The molecule has 0 aliphatic heterocycles. The highest BCUT2D eigenvalue weighted by Crippen LogP contribution is 2.28. The smallest absolute Gasteiger partial charge is 0.250 e. The van der Waals surface area contributed by atoms with Crippen molar-refractivity contribution in [3.8, 4) is 11.1 Å². The second-order valence-corrected chi connectivity index (χ2v) is 5.46. The number of hydrogen-bond acceptors (Lipinski definition) is 4. The van der Waals surface area contributed by atoms with Crippen LogP contribution in [0.2, 0.25) is 0 Å². The maximum absolute atomic E-state index is 11.9. The van der Waals surface area contributed by atoms with Crippen molar-refractivity contribution in [1.29, 1.82) is 0 Å². The topological polar surface area (TPSA) is 54.5 Å². The van der Waals surface area contributed by atoms with Crippen molar-refractivity contribution in [3.05, 3.63) is 42.7 Å². The summed E-state index contributed by atoms with van der Waals surface area (Å²) in [6.07, 6.45) is 4.27. The average Bonchev–Trinajstić information content (AvgIpc) is 2.56. The van der Waals surface area contributed by atoms with E-state index < -0.39 is 0 Å². The number of nitrogens with one attached hydrogen (secondary N) is 1. The van der Waals surface area contributed by atoms with Crippen LogP contribution in [-0.4, -0.2) is 38.2 Å². The van der Waals surface area contributed by atoms with E-state index in [0.717, 1.165) is 23.2 Å². The zero-order valence-electron chi connectivity index (χ0n) is 13.9. The third-order valence-electron chi connectivity index (χ3n) is 3.37. The van der Waals surface area contributed by atoms with Gasteiger partial charge in [0, 0.05) is 38.1 Å². The van der Waals surface area contributed by atoms with Crippen molar-refractivity contribution in [2.24, 2.45) is 0 Å². The fourth-order valence-electron chi connectivity index (χ4n) is 2.18. The van der Waals surface area contributed by atoms with E-state index >= 15 is 0 Å². The number of carbonyl (C=O) groups excluding carboxylic acids is 1. The molecule has 0 atom stereocenters. The summed E-state index contributed by atoms with van der Waals surface area (Å²) >= 11 is 0. The molecule has 0 spiro atoms. The molecule has 0 radical (unpaired) electrons. The van der Waals surface area contributed by atoms with E-state index in [4.69, 9.17) is 4.74 Å². The molecule has 1 aromatic carbocycles. The SMILES string of the molecule is CCCOCC(=O)Nc1cnccc1-c1ccc(N(C)C)cc1. The van der Waals surface area contributed by atoms with Crippen LogP contribution in [0.5, 0.6) is 0 Å². The van der Waals surface area contributed by atoms with Gasteiger partial charge in [0.1, 0.15) is 6.61 Å². The number of carbonyl (C=O) groups is 1. The predicted octanol–water partition coefficient (Wildman–Crippen LogP) is 3.18. The molecule has 0 aliphatic rings. The van der Waals surface area contributed by atoms with Crippen molar-refractivity contribution in [2.75, 3.05) is 37.5 Å². The van der Waals surface area contributed by atoms with Gasteiger partial charge < -0.3 is 15.0 Å². The Morgan fingerprint density at radius 3 is 2.61 bits per heavy atom. The summed E-state index contributed by atoms with van der Waals surface area (Å²) in [6, 6.07) is 10.1. The minimum absolute atomic E-state index is 0.0573. The van der Waals surface area contributed by atoms with Crippen molar-refractivity contribution < 1.29 is 9.53 Å². The lowest BCUT2D eigenvalue weighted by Crippen LogP contribution is -2.19. The van der Waals surface area contributed by atoms with Gasteiger partial charge in [-0.15, -0.1) is 0 Å². The minimum atomic E-state index is -0.169. The van der Waals surface area contributed by atoms with E-state index in [1.165, 1.54) is 0 Å². The highest BCUT2D eigenvalue weighted by Gasteiger charge is 2.09. The van der Waals surface area contributed by atoms with E-state index in [9.17, 15) is 4.79 Å². The van der Waals surface area contributed by atoms with Crippen molar-refractivity contribution >= 4 is 17.3 Å². The number of ether oxygens (including phenoxy) is 1. The summed E-state index contributed by atoms with van der Waals surface area (Å²) in [4.78, 5) is 18.1. The Kier molecular flexibility index (Phi) is 6.11. The van der Waals surface area contributed by atoms with Gasteiger partial charge in [-0.05, 0) is 30.2 Å². The molecule has 2 aromatic rings. The number of hydrogen-bond donors (Lipinski definition) is 1. The molecule has 0 saturated carbocycles. The summed E-state index contributed by atoms with van der Waals surface area (Å²) in [5.74, 6) is -0.169. The van der Waals surface area contributed by atoms with E-state index in [-0.39, 0.29) is 12.5 Å². The molecule has 122 valence electrons. The molecule has 0 fully saturated rings. The van der Waals surface area contributed by atoms with Gasteiger partial charge >= 0.3 is 0 Å². The monoisotopic (exact) mass is 313 g/mol. The summed E-state index contributed by atoms with van der Waals surface area (Å²) in [5, 5.41) is 2.87. The molecule has 1 heterocycles. The Morgan fingerprint density at radius 1 is 1.22 bits per heavy atom. The lowest BCUT2D eigenvalue weighted by atomic mass is 10.0. The molecule has 1 aromatic heterocycles. The van der Waals surface area contributed by atoms with Gasteiger partial charge in [-0.2, -0.15) is 0 Å². The second-order valence-electron chi connectivity index (χ2n) is 5.46. The third-order valence-corrected chi connectivity index (χ3v) is 3.37. The maximum Gasteiger partial charge on any atom is 0.250 e. The van der Waals surface area contributed by atoms with Gasteiger partial charge in [-0.25, -0.2) is 0 Å². The average molecular weight is 313 g/mol. The van der Waals surface area contributed by atoms with E-state index in [1.807, 2.05) is 56.3 Å². The van der Waals surface area contributed by atoms with Crippen LogP contribution in [0.3, 0.4) is 0 Å².